The van der Waals surface area contributed by atoms with Crippen LogP contribution in [0.3, 0.4) is 0 Å². The molecule has 1 amide bonds. The van der Waals surface area contributed by atoms with Crippen LogP contribution in [-0.2, 0) is 0 Å². The molecule has 1 atom stereocenters. The van der Waals surface area contributed by atoms with Crippen molar-refractivity contribution in [3.8, 4) is 0 Å². The maximum atomic E-state index is 12.5. The zero-order chi connectivity index (χ0) is 16.5. The van der Waals surface area contributed by atoms with Crippen LogP contribution in [0.15, 0.2) is 45.0 Å². The Labute approximate surface area is 149 Å². The maximum Gasteiger partial charge on any atom is 0.261 e. The van der Waals surface area contributed by atoms with Crippen molar-refractivity contribution in [1.82, 2.24) is 15.2 Å². The number of hydrogen-bond acceptors (Lipinski definition) is 5. The number of oxazole rings is 1. The molecule has 1 aromatic heterocycles. The Morgan fingerprint density at radius 2 is 2.04 bits per heavy atom. The van der Waals surface area contributed by atoms with Crippen LogP contribution < -0.4 is 5.32 Å². The average Bonchev–Trinajstić information content (AvgIpc) is 3.01. The molecule has 1 unspecified atom stereocenters. The number of benzene rings is 1. The van der Waals surface area contributed by atoms with Gasteiger partial charge < -0.3 is 14.6 Å². The molecule has 3 fully saturated rings. The van der Waals surface area contributed by atoms with E-state index in [0.29, 0.717) is 16.7 Å². The molecule has 5 nitrogen and oxygen atoms in total. The van der Waals surface area contributed by atoms with Crippen LogP contribution >= 0.6 is 23.4 Å². The highest BCUT2D eigenvalue weighted by atomic mass is 35.5. The van der Waals surface area contributed by atoms with Crippen LogP contribution in [0.1, 0.15) is 23.2 Å². The number of carbonyl (C=O) groups excluding carboxylic acids is 1. The monoisotopic (exact) mass is 363 g/mol. The molecule has 4 heterocycles. The summed E-state index contributed by atoms with van der Waals surface area (Å²) in [6.07, 6.45) is 3.86. The first-order chi connectivity index (χ1) is 11.7. The van der Waals surface area contributed by atoms with Gasteiger partial charge in [-0.05, 0) is 79.5 Å². The van der Waals surface area contributed by atoms with Crippen molar-refractivity contribution in [2.75, 3.05) is 19.6 Å². The lowest BCUT2D eigenvalue weighted by Gasteiger charge is -2.44. The lowest BCUT2D eigenvalue weighted by atomic mass is 9.84. The van der Waals surface area contributed by atoms with E-state index < -0.39 is 0 Å². The number of nitrogens with one attached hydrogen (secondary N) is 1. The van der Waals surface area contributed by atoms with E-state index >= 15 is 0 Å². The van der Waals surface area contributed by atoms with Gasteiger partial charge in [0.2, 0.25) is 5.22 Å². The molecule has 3 saturated heterocycles. The van der Waals surface area contributed by atoms with E-state index in [1.54, 1.807) is 0 Å². The first-order valence-corrected chi connectivity index (χ1v) is 9.29. The Kier molecular flexibility index (Phi) is 4.52. The van der Waals surface area contributed by atoms with E-state index in [9.17, 15) is 4.79 Å². The molecule has 0 saturated carbocycles. The number of rotatable bonds is 4. The minimum atomic E-state index is 0.00414. The average molecular weight is 364 g/mol. The number of carbonyl (C=O) groups is 1. The molecule has 2 aromatic rings. The van der Waals surface area contributed by atoms with Gasteiger partial charge in [-0.15, -0.1) is 0 Å². The Morgan fingerprint density at radius 3 is 2.62 bits per heavy atom. The second-order valence-electron chi connectivity index (χ2n) is 6.27. The van der Waals surface area contributed by atoms with Crippen LogP contribution in [0, 0.1) is 5.92 Å². The largest absolute Gasteiger partial charge is 0.419 e. The third-order valence-corrected chi connectivity index (χ3v) is 5.80. The molecule has 1 N–H and O–H groups in total. The molecule has 1 aromatic carbocycles. The molecule has 0 radical (unpaired) electrons. The summed E-state index contributed by atoms with van der Waals surface area (Å²) in [5.74, 6) is 0.632. The first kappa shape index (κ1) is 16.0. The van der Waals surface area contributed by atoms with Gasteiger partial charge >= 0.3 is 0 Å². The van der Waals surface area contributed by atoms with Gasteiger partial charge in [-0.2, -0.15) is 0 Å². The molecule has 126 valence electrons. The maximum absolute atomic E-state index is 12.5. The molecule has 24 heavy (non-hydrogen) atoms. The van der Waals surface area contributed by atoms with E-state index in [1.165, 1.54) is 43.9 Å². The fraction of sp³-hybridized carbons (Fsp3) is 0.412. The van der Waals surface area contributed by atoms with Crippen molar-refractivity contribution in [3.63, 3.8) is 0 Å². The van der Waals surface area contributed by atoms with Gasteiger partial charge in [0, 0.05) is 23.0 Å². The van der Waals surface area contributed by atoms with Crippen molar-refractivity contribution < 1.29 is 9.21 Å². The summed E-state index contributed by atoms with van der Waals surface area (Å²) in [7, 11) is 0. The summed E-state index contributed by atoms with van der Waals surface area (Å²) in [4.78, 5) is 19.9. The number of fused-ring (bicyclic) bond motifs is 3. The highest BCUT2D eigenvalue weighted by Crippen LogP contribution is 2.29. The molecular formula is C17H18ClN3O2S. The van der Waals surface area contributed by atoms with Crippen LogP contribution in [0.5, 0.6) is 0 Å². The summed E-state index contributed by atoms with van der Waals surface area (Å²) in [6, 6.07) is 7.75. The third kappa shape index (κ3) is 3.45. The summed E-state index contributed by atoms with van der Waals surface area (Å²) >= 11 is 7.09. The molecule has 0 aliphatic carbocycles. The topological polar surface area (TPSA) is 58.4 Å². The molecule has 3 aliphatic heterocycles. The quantitative estimate of drug-likeness (QED) is 0.903. The van der Waals surface area contributed by atoms with Crippen LogP contribution in [0.4, 0.5) is 0 Å². The number of piperidine rings is 3. The Hall–Kier alpha value is -1.50. The molecular weight excluding hydrogens is 346 g/mol. The number of amides is 1. The van der Waals surface area contributed by atoms with Crippen molar-refractivity contribution >= 4 is 29.3 Å². The zero-order valence-corrected chi connectivity index (χ0v) is 14.6. The number of hydrogen-bond donors (Lipinski definition) is 1. The molecule has 3 aliphatic rings. The van der Waals surface area contributed by atoms with Gasteiger partial charge in [0.05, 0.1) is 6.20 Å². The van der Waals surface area contributed by atoms with Gasteiger partial charge in [0.1, 0.15) is 0 Å². The SMILES string of the molecule is O=C(NC1CN2CCC1CC2)c1ccc(Sc2ncc(Cl)o2)cc1. The van der Waals surface area contributed by atoms with Crippen molar-refractivity contribution in [3.05, 3.63) is 41.2 Å². The second kappa shape index (κ2) is 6.78. The van der Waals surface area contributed by atoms with Crippen LogP contribution in [-0.4, -0.2) is 41.5 Å². The van der Waals surface area contributed by atoms with E-state index in [4.69, 9.17) is 16.0 Å². The highest BCUT2D eigenvalue weighted by Gasteiger charge is 2.34. The number of nitrogens with zero attached hydrogens (tertiary/aromatic N) is 2. The zero-order valence-electron chi connectivity index (χ0n) is 13.1. The highest BCUT2D eigenvalue weighted by molar-refractivity contribution is 7.99. The standard InChI is InChI=1S/C17H18ClN3O2S/c18-15-9-19-17(23-15)24-13-3-1-12(2-4-13)16(22)20-14-10-21-7-5-11(14)6-8-21/h1-4,9,11,14H,5-8,10H2,(H,20,22). The molecule has 5 rings (SSSR count). The predicted octanol–water partition coefficient (Wildman–Crippen LogP) is 3.30. The number of aromatic nitrogens is 1. The van der Waals surface area contributed by atoms with Crippen molar-refractivity contribution in [2.45, 2.75) is 29.0 Å². The fourth-order valence-electron chi connectivity index (χ4n) is 3.44. The van der Waals surface area contributed by atoms with Crippen LogP contribution in [0.25, 0.3) is 0 Å². The van der Waals surface area contributed by atoms with Gasteiger partial charge in [-0.25, -0.2) is 4.98 Å². The van der Waals surface area contributed by atoms with Gasteiger partial charge in [0.25, 0.3) is 11.1 Å². The summed E-state index contributed by atoms with van der Waals surface area (Å²) in [6.45, 7) is 3.33. The summed E-state index contributed by atoms with van der Waals surface area (Å²) in [5, 5.41) is 3.96. The number of halogens is 1. The normalized spacial score (nSPS) is 25.6. The Bertz CT molecular complexity index is 726. The summed E-state index contributed by atoms with van der Waals surface area (Å²) in [5.41, 5.74) is 0.682. The smallest absolute Gasteiger partial charge is 0.261 e. The minimum Gasteiger partial charge on any atom is -0.419 e. The van der Waals surface area contributed by atoms with Crippen molar-refractivity contribution in [2.24, 2.45) is 5.92 Å². The molecule has 0 spiro atoms. The van der Waals surface area contributed by atoms with E-state index in [-0.39, 0.29) is 17.2 Å². The van der Waals surface area contributed by atoms with Crippen LogP contribution in [0.2, 0.25) is 5.22 Å². The first-order valence-electron chi connectivity index (χ1n) is 8.10. The second-order valence-corrected chi connectivity index (χ2v) is 7.67. The minimum absolute atomic E-state index is 0.00414. The summed E-state index contributed by atoms with van der Waals surface area (Å²) < 4.78 is 5.23. The Morgan fingerprint density at radius 1 is 1.29 bits per heavy atom. The molecule has 7 heteroatoms. The van der Waals surface area contributed by atoms with Gasteiger partial charge in [-0.3, -0.25) is 4.79 Å². The fourth-order valence-corrected chi connectivity index (χ4v) is 4.32. The van der Waals surface area contributed by atoms with E-state index in [1.807, 2.05) is 24.3 Å². The predicted molar refractivity (Wildman–Crippen MR) is 92.5 cm³/mol. The Balaban J connectivity index is 1.38. The third-order valence-electron chi connectivity index (χ3n) is 4.75. The van der Waals surface area contributed by atoms with E-state index in [2.05, 4.69) is 15.2 Å². The lowest BCUT2D eigenvalue weighted by Crippen LogP contribution is -2.57. The van der Waals surface area contributed by atoms with E-state index in [0.717, 1.165) is 11.4 Å². The lowest BCUT2D eigenvalue weighted by molar-refractivity contribution is 0.0620. The van der Waals surface area contributed by atoms with Crippen molar-refractivity contribution in [1.29, 1.82) is 0 Å². The van der Waals surface area contributed by atoms with Gasteiger partial charge in [-0.1, -0.05) is 0 Å². The van der Waals surface area contributed by atoms with Gasteiger partial charge in [0.15, 0.2) is 0 Å². The molecule has 2 bridgehead atoms.